The lowest BCUT2D eigenvalue weighted by molar-refractivity contribution is -0.0170. The van der Waals surface area contributed by atoms with Crippen LogP contribution in [0.1, 0.15) is 58.6 Å². The van der Waals surface area contributed by atoms with Crippen molar-refractivity contribution in [2.75, 3.05) is 5.73 Å². The SMILES string of the molecule is CC(C)(C)OC(=O)N1C2CCCC1(c1ccc3[nH]c(-c4c(N)c5ccsc5[nH]c4=O)nc3n1)CC2. The fourth-order valence-corrected chi connectivity index (χ4v) is 6.51. The first-order valence-electron chi connectivity index (χ1n) is 12.0. The Balaban J connectivity index is 1.43. The number of nitrogen functional groups attached to an aromatic ring is 1. The maximum atomic E-state index is 13.3. The largest absolute Gasteiger partial charge is 0.444 e. The second-order valence-corrected chi connectivity index (χ2v) is 11.4. The van der Waals surface area contributed by atoms with Gasteiger partial charge in [-0.2, -0.15) is 0 Å². The first-order valence-corrected chi connectivity index (χ1v) is 12.8. The van der Waals surface area contributed by atoms with Gasteiger partial charge in [-0.25, -0.2) is 14.8 Å². The molecule has 2 bridgehead atoms. The van der Waals surface area contributed by atoms with E-state index in [0.717, 1.165) is 48.0 Å². The quantitative estimate of drug-likeness (QED) is 0.365. The molecule has 4 N–H and O–H groups in total. The number of rotatable bonds is 2. The molecule has 2 fully saturated rings. The lowest BCUT2D eigenvalue weighted by Gasteiger charge is -2.44. The molecule has 4 aromatic rings. The van der Waals surface area contributed by atoms with Gasteiger partial charge in [-0.15, -0.1) is 11.3 Å². The number of aromatic amines is 2. The number of fused-ring (bicyclic) bond motifs is 4. The smallest absolute Gasteiger partial charge is 0.411 e. The minimum absolute atomic E-state index is 0.154. The Labute approximate surface area is 205 Å². The average Bonchev–Trinajstić information content (AvgIpc) is 3.47. The van der Waals surface area contributed by atoms with E-state index < -0.39 is 11.1 Å². The van der Waals surface area contributed by atoms with Gasteiger partial charge in [-0.05, 0) is 76.5 Å². The molecule has 0 saturated carbocycles. The van der Waals surface area contributed by atoms with Crippen LogP contribution < -0.4 is 11.3 Å². The van der Waals surface area contributed by atoms with E-state index >= 15 is 0 Å². The maximum absolute atomic E-state index is 13.3. The summed E-state index contributed by atoms with van der Waals surface area (Å²) in [5.41, 5.74) is 7.70. The van der Waals surface area contributed by atoms with E-state index in [-0.39, 0.29) is 17.7 Å². The molecule has 0 aliphatic carbocycles. The van der Waals surface area contributed by atoms with Crippen LogP contribution in [0.2, 0.25) is 0 Å². The van der Waals surface area contributed by atoms with Crippen LogP contribution in [-0.4, -0.2) is 42.6 Å². The van der Waals surface area contributed by atoms with Crippen molar-refractivity contribution < 1.29 is 9.53 Å². The molecule has 6 heterocycles. The molecule has 2 unspecified atom stereocenters. The van der Waals surface area contributed by atoms with Gasteiger partial charge in [-0.1, -0.05) is 0 Å². The van der Waals surface area contributed by atoms with E-state index in [2.05, 4.69) is 15.0 Å². The number of H-pyrrole nitrogens is 2. The predicted molar refractivity (Wildman–Crippen MR) is 136 cm³/mol. The Bertz CT molecular complexity index is 1530. The summed E-state index contributed by atoms with van der Waals surface area (Å²) >= 11 is 1.43. The number of aromatic nitrogens is 4. The van der Waals surface area contributed by atoms with Crippen LogP contribution in [0.15, 0.2) is 28.4 Å². The second kappa shape index (κ2) is 7.55. The van der Waals surface area contributed by atoms with E-state index in [9.17, 15) is 9.59 Å². The summed E-state index contributed by atoms with van der Waals surface area (Å²) in [6.07, 6.45) is 4.32. The van der Waals surface area contributed by atoms with E-state index in [1.165, 1.54) is 11.3 Å². The monoisotopic (exact) mass is 492 g/mol. The highest BCUT2D eigenvalue weighted by molar-refractivity contribution is 7.16. The normalized spacial score (nSPS) is 22.3. The van der Waals surface area contributed by atoms with Crippen molar-refractivity contribution in [2.24, 2.45) is 0 Å². The van der Waals surface area contributed by atoms with Gasteiger partial charge in [0.05, 0.1) is 22.4 Å². The highest BCUT2D eigenvalue weighted by atomic mass is 32.1. The number of nitrogens with two attached hydrogens (primary N) is 1. The van der Waals surface area contributed by atoms with Crippen LogP contribution in [0.25, 0.3) is 32.8 Å². The van der Waals surface area contributed by atoms with Crippen molar-refractivity contribution in [3.63, 3.8) is 0 Å². The summed E-state index contributed by atoms with van der Waals surface area (Å²) in [6.45, 7) is 5.67. The zero-order chi connectivity index (χ0) is 24.5. The first kappa shape index (κ1) is 22.1. The third kappa shape index (κ3) is 3.42. The summed E-state index contributed by atoms with van der Waals surface area (Å²) in [7, 11) is 0. The number of pyridine rings is 2. The van der Waals surface area contributed by atoms with Crippen molar-refractivity contribution in [3.8, 4) is 11.4 Å². The number of nitrogens with zero attached hydrogens (tertiary/aromatic N) is 3. The number of thiophene rings is 1. The molecule has 2 atom stereocenters. The van der Waals surface area contributed by atoms with Crippen molar-refractivity contribution >= 4 is 44.5 Å². The molecule has 1 amide bonds. The summed E-state index contributed by atoms with van der Waals surface area (Å²) in [4.78, 5) is 44.4. The molecule has 4 aromatic heterocycles. The molecule has 2 aliphatic heterocycles. The number of hydrogen-bond donors (Lipinski definition) is 3. The Morgan fingerprint density at radius 2 is 2.03 bits per heavy atom. The van der Waals surface area contributed by atoms with Crippen LogP contribution in [0, 0.1) is 0 Å². The Hall–Kier alpha value is -3.40. The molecule has 2 saturated heterocycles. The summed E-state index contributed by atoms with van der Waals surface area (Å²) in [6, 6.07) is 5.93. The highest BCUT2D eigenvalue weighted by Gasteiger charge is 2.54. The number of carbonyl (C=O) groups is 1. The topological polar surface area (TPSA) is 130 Å². The van der Waals surface area contributed by atoms with E-state index in [0.29, 0.717) is 28.2 Å². The number of anilines is 1. The van der Waals surface area contributed by atoms with Gasteiger partial charge in [0.2, 0.25) is 0 Å². The molecule has 0 aromatic carbocycles. The Morgan fingerprint density at radius 3 is 2.83 bits per heavy atom. The molecule has 0 spiro atoms. The molecular formula is C25H28N6O3S. The number of piperidine rings is 1. The van der Waals surface area contributed by atoms with Crippen LogP contribution in [0.4, 0.5) is 10.5 Å². The van der Waals surface area contributed by atoms with Gasteiger partial charge in [0.1, 0.15) is 21.8 Å². The third-order valence-electron chi connectivity index (χ3n) is 7.17. The number of carbonyl (C=O) groups excluding carboxylic acids is 1. The van der Waals surface area contributed by atoms with Crippen molar-refractivity contribution in [2.45, 2.75) is 70.1 Å². The van der Waals surface area contributed by atoms with Crippen molar-refractivity contribution in [3.05, 3.63) is 39.6 Å². The number of amides is 1. The van der Waals surface area contributed by atoms with Gasteiger partial charge in [0.25, 0.3) is 5.56 Å². The van der Waals surface area contributed by atoms with Gasteiger partial charge in [-0.3, -0.25) is 9.69 Å². The minimum Gasteiger partial charge on any atom is -0.444 e. The fraction of sp³-hybridized carbons (Fsp3) is 0.440. The molecule has 182 valence electrons. The lowest BCUT2D eigenvalue weighted by Crippen LogP contribution is -2.53. The van der Waals surface area contributed by atoms with Crippen molar-refractivity contribution in [1.29, 1.82) is 0 Å². The van der Waals surface area contributed by atoms with Gasteiger partial charge in [0, 0.05) is 11.4 Å². The Kier molecular flexibility index (Phi) is 4.76. The van der Waals surface area contributed by atoms with Gasteiger partial charge < -0.3 is 20.4 Å². The van der Waals surface area contributed by atoms with Crippen molar-refractivity contribution in [1.82, 2.24) is 24.8 Å². The molecule has 6 rings (SSSR count). The molecule has 10 heteroatoms. The van der Waals surface area contributed by atoms with Gasteiger partial charge >= 0.3 is 6.09 Å². The molecule has 35 heavy (non-hydrogen) atoms. The summed E-state index contributed by atoms with van der Waals surface area (Å²) in [5.74, 6) is 0.381. The summed E-state index contributed by atoms with van der Waals surface area (Å²) in [5, 5.41) is 2.69. The molecular weight excluding hydrogens is 464 g/mol. The zero-order valence-corrected chi connectivity index (χ0v) is 20.8. The second-order valence-electron chi connectivity index (χ2n) is 10.5. The highest BCUT2D eigenvalue weighted by Crippen LogP contribution is 2.50. The van der Waals surface area contributed by atoms with E-state index in [1.807, 2.05) is 49.3 Å². The third-order valence-corrected chi connectivity index (χ3v) is 8.00. The number of imidazole rings is 1. The lowest BCUT2D eigenvalue weighted by atomic mass is 9.85. The van der Waals surface area contributed by atoms with Crippen LogP contribution in [0.5, 0.6) is 0 Å². The fourth-order valence-electron chi connectivity index (χ4n) is 5.71. The molecule has 9 nitrogen and oxygen atoms in total. The first-order chi connectivity index (χ1) is 16.7. The Morgan fingerprint density at radius 1 is 1.20 bits per heavy atom. The van der Waals surface area contributed by atoms with E-state index in [4.69, 9.17) is 15.5 Å². The van der Waals surface area contributed by atoms with E-state index in [1.54, 1.807) is 0 Å². The van der Waals surface area contributed by atoms with Crippen LogP contribution in [0.3, 0.4) is 0 Å². The summed E-state index contributed by atoms with van der Waals surface area (Å²) < 4.78 is 5.79. The number of nitrogens with one attached hydrogen (secondary N) is 2. The zero-order valence-electron chi connectivity index (χ0n) is 20.0. The minimum atomic E-state index is -0.569. The van der Waals surface area contributed by atoms with Gasteiger partial charge in [0.15, 0.2) is 5.65 Å². The maximum Gasteiger partial charge on any atom is 0.411 e. The number of hydrogen-bond acceptors (Lipinski definition) is 7. The number of ether oxygens (including phenoxy) is 1. The molecule has 0 radical (unpaired) electrons. The standard InChI is InChI=1S/C25H28N6O3S/c1-24(2,3)34-23(33)31-13-5-4-10-25(31,11-8-13)16-7-6-15-19(28-16)29-20(27-15)17-18(26)14-9-12-35-22(14)30-21(17)32/h6-7,9,12-13H,4-5,8,10-11H2,1-3H3,(H3,26,30,32)(H,27,28,29). The molecule has 2 aliphatic rings. The van der Waals surface area contributed by atoms with Crippen LogP contribution >= 0.6 is 11.3 Å². The van der Waals surface area contributed by atoms with Crippen LogP contribution in [-0.2, 0) is 10.3 Å². The average molecular weight is 493 g/mol. The predicted octanol–water partition coefficient (Wildman–Crippen LogP) is 4.89.